The van der Waals surface area contributed by atoms with Crippen LogP contribution in [0.5, 0.6) is 5.75 Å². The maximum atomic E-state index is 12.1. The van der Waals surface area contributed by atoms with Gasteiger partial charge in [0.1, 0.15) is 4.90 Å². The van der Waals surface area contributed by atoms with Crippen molar-refractivity contribution in [2.75, 3.05) is 20.7 Å². The molecule has 0 saturated carbocycles. The Morgan fingerprint density at radius 3 is 2.43 bits per heavy atom. The van der Waals surface area contributed by atoms with Crippen LogP contribution in [0.1, 0.15) is 17.3 Å². The second kappa shape index (κ2) is 6.27. The van der Waals surface area contributed by atoms with E-state index < -0.39 is 36.2 Å². The third-order valence-corrected chi connectivity index (χ3v) is 4.09. The summed E-state index contributed by atoms with van der Waals surface area (Å²) in [5.74, 6) is -1.07. The van der Waals surface area contributed by atoms with Crippen molar-refractivity contribution in [2.24, 2.45) is 0 Å². The highest BCUT2D eigenvalue weighted by Gasteiger charge is 2.29. The summed E-state index contributed by atoms with van der Waals surface area (Å²) < 4.78 is 27.8. The fraction of sp³-hybridized carbons (Fsp3) is 0.364. The number of carbonyl (C=O) groups excluding carboxylic acids is 1. The van der Waals surface area contributed by atoms with Crippen molar-refractivity contribution >= 4 is 31.3 Å². The van der Waals surface area contributed by atoms with Gasteiger partial charge in [-0.1, -0.05) is 0 Å². The number of carbonyl (C=O) groups is 1. The molecule has 1 amide bonds. The Balaban J connectivity index is 3.69. The predicted octanol–water partition coefficient (Wildman–Crippen LogP) is 1.62. The molecule has 0 N–H and O–H groups in total. The summed E-state index contributed by atoms with van der Waals surface area (Å²) in [7, 11) is 3.49. The summed E-state index contributed by atoms with van der Waals surface area (Å²) in [6.45, 7) is 2.05. The molecule has 0 unspecified atom stereocenters. The topological polar surface area (TPSA) is 107 Å². The second-order valence-electron chi connectivity index (χ2n) is 4.04. The molecule has 1 rings (SSSR count). The molecular weight excluding hydrogens is 324 g/mol. The van der Waals surface area contributed by atoms with Gasteiger partial charge in [-0.25, -0.2) is 8.42 Å². The molecule has 0 spiro atoms. The number of hydrogen-bond acceptors (Lipinski definition) is 6. The summed E-state index contributed by atoms with van der Waals surface area (Å²) in [6, 6.07) is 1.92. The number of nitrogens with zero attached hydrogens (tertiary/aromatic N) is 2. The van der Waals surface area contributed by atoms with E-state index in [-0.39, 0.29) is 5.56 Å². The fourth-order valence-electron chi connectivity index (χ4n) is 1.60. The Kier molecular flexibility index (Phi) is 5.13. The highest BCUT2D eigenvalue weighted by atomic mass is 35.7. The molecule has 0 aromatic heterocycles. The van der Waals surface area contributed by atoms with Crippen molar-refractivity contribution in [2.45, 2.75) is 11.8 Å². The van der Waals surface area contributed by atoms with Crippen LogP contribution < -0.4 is 4.74 Å². The van der Waals surface area contributed by atoms with Crippen molar-refractivity contribution in [1.29, 1.82) is 0 Å². The molecule has 0 radical (unpaired) electrons. The zero-order valence-corrected chi connectivity index (χ0v) is 13.1. The molecule has 10 heteroatoms. The summed E-state index contributed by atoms with van der Waals surface area (Å²) in [4.78, 5) is 22.9. The molecule has 0 aliphatic carbocycles. The minimum atomic E-state index is -4.32. The number of hydrogen-bond donors (Lipinski definition) is 0. The Hall–Kier alpha value is -1.87. The quantitative estimate of drug-likeness (QED) is 0.459. The molecule has 0 heterocycles. The predicted molar refractivity (Wildman–Crippen MR) is 75.3 cm³/mol. The third kappa shape index (κ3) is 3.61. The van der Waals surface area contributed by atoms with E-state index in [2.05, 4.69) is 0 Å². The van der Waals surface area contributed by atoms with Crippen molar-refractivity contribution in [3.63, 3.8) is 0 Å². The summed E-state index contributed by atoms with van der Waals surface area (Å²) in [6.07, 6.45) is 0. The summed E-state index contributed by atoms with van der Waals surface area (Å²) >= 11 is 0. The molecule has 0 fully saturated rings. The van der Waals surface area contributed by atoms with E-state index in [0.29, 0.717) is 6.54 Å². The van der Waals surface area contributed by atoms with Crippen molar-refractivity contribution in [3.05, 3.63) is 27.8 Å². The molecule has 8 nitrogen and oxygen atoms in total. The van der Waals surface area contributed by atoms with E-state index in [9.17, 15) is 23.3 Å². The Morgan fingerprint density at radius 1 is 1.48 bits per heavy atom. The zero-order chi connectivity index (χ0) is 16.4. The third-order valence-electron chi connectivity index (χ3n) is 2.77. The molecule has 116 valence electrons. The lowest BCUT2D eigenvalue weighted by atomic mass is 10.1. The maximum absolute atomic E-state index is 12.1. The molecule has 0 atom stereocenters. The van der Waals surface area contributed by atoms with Crippen LogP contribution >= 0.6 is 10.7 Å². The lowest BCUT2D eigenvalue weighted by molar-refractivity contribution is -0.386. The van der Waals surface area contributed by atoms with Crippen LogP contribution in [0.4, 0.5) is 5.69 Å². The summed E-state index contributed by atoms with van der Waals surface area (Å²) in [5, 5.41) is 11.0. The van der Waals surface area contributed by atoms with Gasteiger partial charge in [0.15, 0.2) is 0 Å². The first kappa shape index (κ1) is 17.2. The number of halogens is 1. The van der Waals surface area contributed by atoms with E-state index in [0.717, 1.165) is 19.2 Å². The van der Waals surface area contributed by atoms with E-state index in [4.69, 9.17) is 15.4 Å². The molecule has 0 aliphatic heterocycles. The molecule has 0 aliphatic rings. The number of amides is 1. The van der Waals surface area contributed by atoms with E-state index in [1.165, 1.54) is 11.9 Å². The first-order valence-corrected chi connectivity index (χ1v) is 8.01. The van der Waals surface area contributed by atoms with Gasteiger partial charge in [0, 0.05) is 35.9 Å². The molecule has 21 heavy (non-hydrogen) atoms. The lowest BCUT2D eigenvalue weighted by Crippen LogP contribution is -2.26. The normalized spacial score (nSPS) is 11.0. The fourth-order valence-corrected chi connectivity index (χ4v) is 2.62. The van der Waals surface area contributed by atoms with Gasteiger partial charge in [0.05, 0.1) is 12.0 Å². The van der Waals surface area contributed by atoms with E-state index >= 15 is 0 Å². The average molecular weight is 337 g/mol. The van der Waals surface area contributed by atoms with Gasteiger partial charge in [-0.3, -0.25) is 14.9 Å². The number of ether oxygens (including phenoxy) is 1. The number of benzene rings is 1. The largest absolute Gasteiger partial charge is 0.489 e. The standard InChI is InChI=1S/C11H13ClN2O6S/c1-4-13(2)11(15)7-5-8(14(16)17)10(20-3)9(6-7)21(12,18)19/h5-6H,4H2,1-3H3. The van der Waals surface area contributed by atoms with Crippen LogP contribution in [0.3, 0.4) is 0 Å². The average Bonchev–Trinajstić information content (AvgIpc) is 2.42. The highest BCUT2D eigenvalue weighted by Crippen LogP contribution is 2.37. The minimum absolute atomic E-state index is 0.161. The molecule has 1 aromatic carbocycles. The van der Waals surface area contributed by atoms with Crippen molar-refractivity contribution < 1.29 is 22.9 Å². The van der Waals surface area contributed by atoms with Crippen LogP contribution in [0.2, 0.25) is 0 Å². The molecular formula is C11H13ClN2O6S. The highest BCUT2D eigenvalue weighted by molar-refractivity contribution is 8.13. The van der Waals surface area contributed by atoms with Gasteiger partial charge in [-0.15, -0.1) is 0 Å². The first-order valence-electron chi connectivity index (χ1n) is 5.70. The zero-order valence-electron chi connectivity index (χ0n) is 11.5. The lowest BCUT2D eigenvalue weighted by Gasteiger charge is -2.15. The summed E-state index contributed by atoms with van der Waals surface area (Å²) in [5.41, 5.74) is -0.807. The van der Waals surface area contributed by atoms with Crippen molar-refractivity contribution in [3.8, 4) is 5.75 Å². The number of nitro benzene ring substituents is 1. The smallest absolute Gasteiger partial charge is 0.313 e. The number of rotatable bonds is 5. The molecule has 0 bridgehead atoms. The van der Waals surface area contributed by atoms with Gasteiger partial charge in [-0.05, 0) is 13.0 Å². The van der Waals surface area contributed by atoms with Gasteiger partial charge in [0.2, 0.25) is 5.75 Å². The van der Waals surface area contributed by atoms with Gasteiger partial charge >= 0.3 is 5.69 Å². The Morgan fingerprint density at radius 2 is 2.05 bits per heavy atom. The molecule has 0 saturated heterocycles. The van der Waals surface area contributed by atoms with Gasteiger partial charge in [0.25, 0.3) is 15.0 Å². The van der Waals surface area contributed by atoms with Crippen molar-refractivity contribution in [1.82, 2.24) is 4.90 Å². The van der Waals surface area contributed by atoms with Gasteiger partial charge in [-0.2, -0.15) is 0 Å². The van der Waals surface area contributed by atoms with Crippen LogP contribution in [0, 0.1) is 10.1 Å². The van der Waals surface area contributed by atoms with E-state index in [1.807, 2.05) is 0 Å². The van der Waals surface area contributed by atoms with Crippen LogP contribution in [-0.4, -0.2) is 44.9 Å². The minimum Gasteiger partial charge on any atom is -0.489 e. The monoisotopic (exact) mass is 336 g/mol. The SMILES string of the molecule is CCN(C)C(=O)c1cc([N+](=O)[O-])c(OC)c(S(=O)(=O)Cl)c1. The second-order valence-corrected chi connectivity index (χ2v) is 6.58. The first-order chi connectivity index (χ1) is 9.63. The Bertz CT molecular complexity index is 688. The Labute approximate surface area is 125 Å². The number of methoxy groups -OCH3 is 1. The van der Waals surface area contributed by atoms with Crippen LogP contribution in [-0.2, 0) is 9.05 Å². The molecule has 1 aromatic rings. The van der Waals surface area contributed by atoms with Crippen LogP contribution in [0.25, 0.3) is 0 Å². The van der Waals surface area contributed by atoms with E-state index in [1.54, 1.807) is 6.92 Å². The van der Waals surface area contributed by atoms with Gasteiger partial charge < -0.3 is 9.64 Å². The van der Waals surface area contributed by atoms with Crippen LogP contribution in [0.15, 0.2) is 17.0 Å². The maximum Gasteiger partial charge on any atom is 0.313 e. The number of nitro groups is 1.